The SMILES string of the molecule is COCC1CCCN(CCC(C)(C)CN)C1. The van der Waals surface area contributed by atoms with Gasteiger partial charge in [-0.1, -0.05) is 13.8 Å². The van der Waals surface area contributed by atoms with Gasteiger partial charge in [0.2, 0.25) is 0 Å². The molecule has 0 aromatic heterocycles. The third-order valence-corrected chi connectivity index (χ3v) is 3.66. The maximum absolute atomic E-state index is 5.76. The van der Waals surface area contributed by atoms with Gasteiger partial charge in [0.15, 0.2) is 0 Å². The summed E-state index contributed by atoms with van der Waals surface area (Å²) in [5.74, 6) is 0.736. The first-order chi connectivity index (χ1) is 7.57. The molecule has 3 nitrogen and oxygen atoms in total. The molecule has 1 aliphatic rings. The van der Waals surface area contributed by atoms with Gasteiger partial charge in [-0.2, -0.15) is 0 Å². The zero-order valence-electron chi connectivity index (χ0n) is 11.2. The molecular weight excluding hydrogens is 200 g/mol. The van der Waals surface area contributed by atoms with E-state index >= 15 is 0 Å². The highest BCUT2D eigenvalue weighted by atomic mass is 16.5. The summed E-state index contributed by atoms with van der Waals surface area (Å²) < 4.78 is 5.25. The van der Waals surface area contributed by atoms with Gasteiger partial charge in [0, 0.05) is 13.7 Å². The zero-order chi connectivity index (χ0) is 12.0. The van der Waals surface area contributed by atoms with Gasteiger partial charge in [-0.3, -0.25) is 0 Å². The number of likely N-dealkylation sites (tertiary alicyclic amines) is 1. The van der Waals surface area contributed by atoms with Gasteiger partial charge in [-0.15, -0.1) is 0 Å². The highest BCUT2D eigenvalue weighted by molar-refractivity contribution is 4.76. The number of methoxy groups -OCH3 is 1. The maximum atomic E-state index is 5.76. The minimum atomic E-state index is 0.286. The van der Waals surface area contributed by atoms with Crippen LogP contribution < -0.4 is 5.73 Å². The number of ether oxygens (including phenoxy) is 1. The summed E-state index contributed by atoms with van der Waals surface area (Å²) in [5.41, 5.74) is 6.04. The molecule has 0 saturated carbocycles. The van der Waals surface area contributed by atoms with Crippen molar-refractivity contribution >= 4 is 0 Å². The van der Waals surface area contributed by atoms with Crippen LogP contribution in [0.15, 0.2) is 0 Å². The van der Waals surface area contributed by atoms with Gasteiger partial charge < -0.3 is 15.4 Å². The number of piperidine rings is 1. The van der Waals surface area contributed by atoms with Gasteiger partial charge in [-0.05, 0) is 50.2 Å². The van der Waals surface area contributed by atoms with Crippen molar-refractivity contribution in [2.75, 3.05) is 39.9 Å². The van der Waals surface area contributed by atoms with Crippen molar-refractivity contribution < 1.29 is 4.74 Å². The summed E-state index contributed by atoms with van der Waals surface area (Å²) >= 11 is 0. The first kappa shape index (κ1) is 13.9. The van der Waals surface area contributed by atoms with Gasteiger partial charge in [-0.25, -0.2) is 0 Å². The smallest absolute Gasteiger partial charge is 0.0502 e. The Balaban J connectivity index is 2.26. The topological polar surface area (TPSA) is 38.5 Å². The van der Waals surface area contributed by atoms with Crippen molar-refractivity contribution in [3.8, 4) is 0 Å². The Labute approximate surface area is 100 Å². The highest BCUT2D eigenvalue weighted by Gasteiger charge is 2.22. The van der Waals surface area contributed by atoms with Gasteiger partial charge >= 0.3 is 0 Å². The summed E-state index contributed by atoms with van der Waals surface area (Å²) in [7, 11) is 1.80. The quantitative estimate of drug-likeness (QED) is 0.752. The lowest BCUT2D eigenvalue weighted by Crippen LogP contribution is -2.39. The molecule has 2 N–H and O–H groups in total. The van der Waals surface area contributed by atoms with E-state index in [4.69, 9.17) is 10.5 Å². The average Bonchev–Trinajstić information content (AvgIpc) is 2.28. The van der Waals surface area contributed by atoms with Gasteiger partial charge in [0.1, 0.15) is 0 Å². The first-order valence-corrected chi connectivity index (χ1v) is 6.49. The fourth-order valence-corrected chi connectivity index (χ4v) is 2.29. The van der Waals surface area contributed by atoms with Gasteiger partial charge in [0.05, 0.1) is 6.61 Å². The van der Waals surface area contributed by atoms with Crippen LogP contribution in [0, 0.1) is 11.3 Å². The fourth-order valence-electron chi connectivity index (χ4n) is 2.29. The summed E-state index contributed by atoms with van der Waals surface area (Å²) in [6.07, 6.45) is 3.84. The van der Waals surface area contributed by atoms with Crippen LogP contribution in [0.2, 0.25) is 0 Å². The highest BCUT2D eigenvalue weighted by Crippen LogP contribution is 2.22. The predicted molar refractivity (Wildman–Crippen MR) is 68.5 cm³/mol. The molecule has 1 heterocycles. The lowest BCUT2D eigenvalue weighted by molar-refractivity contribution is 0.0846. The molecule has 1 atom stereocenters. The van der Waals surface area contributed by atoms with Crippen molar-refractivity contribution in [3.63, 3.8) is 0 Å². The van der Waals surface area contributed by atoms with Crippen molar-refractivity contribution in [1.82, 2.24) is 4.90 Å². The Morgan fingerprint density at radius 2 is 2.19 bits per heavy atom. The third-order valence-electron chi connectivity index (χ3n) is 3.66. The van der Waals surface area contributed by atoms with E-state index in [-0.39, 0.29) is 5.41 Å². The molecule has 1 unspecified atom stereocenters. The monoisotopic (exact) mass is 228 g/mol. The van der Waals surface area contributed by atoms with Crippen molar-refractivity contribution in [2.45, 2.75) is 33.1 Å². The molecule has 16 heavy (non-hydrogen) atoms. The standard InChI is InChI=1S/C13H28N2O/c1-13(2,11-14)6-8-15-7-4-5-12(9-15)10-16-3/h12H,4-11,14H2,1-3H3. The number of hydrogen-bond acceptors (Lipinski definition) is 3. The molecule has 0 radical (unpaired) electrons. The van der Waals surface area contributed by atoms with E-state index in [0.29, 0.717) is 0 Å². The van der Waals surface area contributed by atoms with E-state index in [1.165, 1.54) is 38.9 Å². The molecule has 3 heteroatoms. The Morgan fingerprint density at radius 1 is 1.44 bits per heavy atom. The normalized spacial score (nSPS) is 23.6. The fraction of sp³-hybridized carbons (Fsp3) is 1.00. The van der Waals surface area contributed by atoms with E-state index < -0.39 is 0 Å². The largest absolute Gasteiger partial charge is 0.384 e. The molecular formula is C13H28N2O. The number of nitrogens with two attached hydrogens (primary N) is 1. The van der Waals surface area contributed by atoms with Crippen LogP contribution >= 0.6 is 0 Å². The second-order valence-corrected chi connectivity index (χ2v) is 5.88. The predicted octanol–water partition coefficient (Wildman–Crippen LogP) is 1.72. The number of hydrogen-bond donors (Lipinski definition) is 1. The van der Waals surface area contributed by atoms with Crippen molar-refractivity contribution in [1.29, 1.82) is 0 Å². The Kier molecular flexibility index (Phi) is 5.73. The molecule has 1 rings (SSSR count). The molecule has 0 spiro atoms. The van der Waals surface area contributed by atoms with E-state index in [2.05, 4.69) is 18.7 Å². The molecule has 0 amide bonds. The number of nitrogens with zero attached hydrogens (tertiary/aromatic N) is 1. The molecule has 96 valence electrons. The van der Waals surface area contributed by atoms with E-state index in [1.807, 2.05) is 0 Å². The summed E-state index contributed by atoms with van der Waals surface area (Å²) in [6.45, 7) is 9.84. The molecule has 0 aromatic carbocycles. The lowest BCUT2D eigenvalue weighted by atomic mass is 9.88. The second kappa shape index (κ2) is 6.58. The zero-order valence-corrected chi connectivity index (χ0v) is 11.2. The van der Waals surface area contributed by atoms with Crippen LogP contribution in [0.3, 0.4) is 0 Å². The average molecular weight is 228 g/mol. The first-order valence-electron chi connectivity index (χ1n) is 6.49. The molecule has 1 saturated heterocycles. The third kappa shape index (κ3) is 4.81. The van der Waals surface area contributed by atoms with Crippen LogP contribution in [-0.4, -0.2) is 44.8 Å². The minimum absolute atomic E-state index is 0.286. The molecule has 0 aromatic rings. The summed E-state index contributed by atoms with van der Waals surface area (Å²) in [4.78, 5) is 2.57. The van der Waals surface area contributed by atoms with Crippen LogP contribution in [0.4, 0.5) is 0 Å². The molecule has 0 bridgehead atoms. The number of rotatable bonds is 6. The van der Waals surface area contributed by atoms with E-state index in [0.717, 1.165) is 19.1 Å². The Hall–Kier alpha value is -0.120. The lowest BCUT2D eigenvalue weighted by Gasteiger charge is -2.34. The van der Waals surface area contributed by atoms with Crippen LogP contribution in [0.1, 0.15) is 33.1 Å². The van der Waals surface area contributed by atoms with Crippen LogP contribution in [0.5, 0.6) is 0 Å². The Bertz CT molecular complexity index is 192. The molecule has 0 aliphatic carbocycles. The van der Waals surface area contributed by atoms with Crippen LogP contribution in [-0.2, 0) is 4.74 Å². The summed E-state index contributed by atoms with van der Waals surface area (Å²) in [5, 5.41) is 0. The maximum Gasteiger partial charge on any atom is 0.0502 e. The van der Waals surface area contributed by atoms with E-state index in [9.17, 15) is 0 Å². The van der Waals surface area contributed by atoms with Crippen LogP contribution in [0.25, 0.3) is 0 Å². The van der Waals surface area contributed by atoms with Crippen molar-refractivity contribution in [2.24, 2.45) is 17.1 Å². The minimum Gasteiger partial charge on any atom is -0.384 e. The second-order valence-electron chi connectivity index (χ2n) is 5.88. The molecule has 1 aliphatic heterocycles. The van der Waals surface area contributed by atoms with Gasteiger partial charge in [0.25, 0.3) is 0 Å². The van der Waals surface area contributed by atoms with Crippen molar-refractivity contribution in [3.05, 3.63) is 0 Å². The summed E-state index contributed by atoms with van der Waals surface area (Å²) in [6, 6.07) is 0. The Morgan fingerprint density at radius 3 is 2.81 bits per heavy atom. The molecule has 1 fully saturated rings. The van der Waals surface area contributed by atoms with E-state index in [1.54, 1.807) is 7.11 Å².